The van der Waals surface area contributed by atoms with E-state index in [4.69, 9.17) is 11.6 Å². The first-order chi connectivity index (χ1) is 9.63. The molecule has 0 heterocycles. The molecule has 0 aliphatic carbocycles. The Hall–Kier alpha value is -1.45. The zero-order chi connectivity index (χ0) is 14.5. The van der Waals surface area contributed by atoms with E-state index in [-0.39, 0.29) is 5.56 Å². The van der Waals surface area contributed by atoms with Crippen LogP contribution in [-0.4, -0.2) is 6.54 Å². The highest BCUT2D eigenvalue weighted by Gasteiger charge is 2.12. The van der Waals surface area contributed by atoms with E-state index in [1.54, 1.807) is 12.1 Å². The van der Waals surface area contributed by atoms with Crippen LogP contribution in [0.1, 0.15) is 18.9 Å². The molecule has 0 atom stereocenters. The molecule has 2 aromatic rings. The highest BCUT2D eigenvalue weighted by atomic mass is 35.5. The van der Waals surface area contributed by atoms with Crippen molar-refractivity contribution in [3.63, 3.8) is 0 Å². The molecule has 0 aliphatic heterocycles. The summed E-state index contributed by atoms with van der Waals surface area (Å²) in [6.07, 6.45) is 1.06. The molecule has 0 bridgehead atoms. The molecule has 0 saturated heterocycles. The molecular formula is C16H16ClF2N. The molecule has 1 nitrogen and oxygen atoms in total. The van der Waals surface area contributed by atoms with E-state index >= 15 is 0 Å². The normalized spacial score (nSPS) is 10.8. The third-order valence-corrected chi connectivity index (χ3v) is 3.34. The Kier molecular flexibility index (Phi) is 5.10. The third-order valence-electron chi connectivity index (χ3n) is 3.03. The first kappa shape index (κ1) is 14.9. The second-order valence-corrected chi connectivity index (χ2v) is 5.00. The Morgan fingerprint density at radius 3 is 2.60 bits per heavy atom. The standard InChI is InChI=1S/C16H16ClF2N/c1-2-8-20-10-11-6-7-12(14(17)9-11)13-4-3-5-15(18)16(13)19/h3-7,9,20H,2,8,10H2,1H3. The molecule has 0 fully saturated rings. The van der Waals surface area contributed by atoms with Crippen LogP contribution in [0.15, 0.2) is 36.4 Å². The summed E-state index contributed by atoms with van der Waals surface area (Å²) in [5.41, 5.74) is 1.70. The summed E-state index contributed by atoms with van der Waals surface area (Å²) < 4.78 is 27.0. The number of hydrogen-bond acceptors (Lipinski definition) is 1. The number of hydrogen-bond donors (Lipinski definition) is 1. The van der Waals surface area contributed by atoms with Crippen molar-refractivity contribution in [3.05, 3.63) is 58.6 Å². The summed E-state index contributed by atoms with van der Waals surface area (Å²) >= 11 is 6.18. The lowest BCUT2D eigenvalue weighted by molar-refractivity contribution is 0.511. The fraction of sp³-hybridized carbons (Fsp3) is 0.250. The van der Waals surface area contributed by atoms with Crippen molar-refractivity contribution in [2.75, 3.05) is 6.54 Å². The fourth-order valence-corrected chi connectivity index (χ4v) is 2.31. The van der Waals surface area contributed by atoms with Crippen molar-refractivity contribution in [3.8, 4) is 11.1 Å². The van der Waals surface area contributed by atoms with Gasteiger partial charge in [0.25, 0.3) is 0 Å². The van der Waals surface area contributed by atoms with Crippen LogP contribution < -0.4 is 5.32 Å². The van der Waals surface area contributed by atoms with Crippen LogP contribution in [-0.2, 0) is 6.54 Å². The van der Waals surface area contributed by atoms with Crippen molar-refractivity contribution in [2.24, 2.45) is 0 Å². The topological polar surface area (TPSA) is 12.0 Å². The number of rotatable bonds is 5. The summed E-state index contributed by atoms with van der Waals surface area (Å²) in [7, 11) is 0. The van der Waals surface area contributed by atoms with Gasteiger partial charge in [0.1, 0.15) is 0 Å². The summed E-state index contributed by atoms with van der Waals surface area (Å²) in [5, 5.41) is 3.69. The molecule has 2 aromatic carbocycles. The third kappa shape index (κ3) is 3.35. The van der Waals surface area contributed by atoms with Gasteiger partial charge in [-0.25, -0.2) is 8.78 Å². The summed E-state index contributed by atoms with van der Waals surface area (Å²) in [6, 6.07) is 9.46. The monoisotopic (exact) mass is 295 g/mol. The summed E-state index contributed by atoms with van der Waals surface area (Å²) in [6.45, 7) is 3.73. The lowest BCUT2D eigenvalue weighted by atomic mass is 10.0. The van der Waals surface area contributed by atoms with Gasteiger partial charge in [-0.2, -0.15) is 0 Å². The van der Waals surface area contributed by atoms with Gasteiger partial charge in [-0.1, -0.05) is 42.8 Å². The predicted octanol–water partition coefficient (Wildman–Crippen LogP) is 4.78. The Bertz CT molecular complexity index is 599. The lowest BCUT2D eigenvalue weighted by Crippen LogP contribution is -2.13. The van der Waals surface area contributed by atoms with Crippen LogP contribution in [0.4, 0.5) is 8.78 Å². The molecule has 0 unspecified atom stereocenters. The van der Waals surface area contributed by atoms with Gasteiger partial charge in [0.15, 0.2) is 11.6 Å². The molecule has 0 aromatic heterocycles. The fourth-order valence-electron chi connectivity index (χ4n) is 2.01. The van der Waals surface area contributed by atoms with Crippen LogP contribution in [0.25, 0.3) is 11.1 Å². The van der Waals surface area contributed by atoms with Crippen molar-refractivity contribution in [2.45, 2.75) is 19.9 Å². The van der Waals surface area contributed by atoms with Gasteiger partial charge in [0.05, 0.1) is 0 Å². The van der Waals surface area contributed by atoms with E-state index in [1.165, 1.54) is 12.1 Å². The van der Waals surface area contributed by atoms with Gasteiger partial charge in [-0.15, -0.1) is 0 Å². The quantitative estimate of drug-likeness (QED) is 0.782. The molecule has 0 aliphatic rings. The van der Waals surface area contributed by atoms with Crippen molar-refractivity contribution >= 4 is 11.6 Å². The molecule has 0 saturated carbocycles. The van der Waals surface area contributed by atoms with Crippen molar-refractivity contribution in [1.82, 2.24) is 5.32 Å². The van der Waals surface area contributed by atoms with Gasteiger partial charge in [0, 0.05) is 22.7 Å². The Labute approximate surface area is 122 Å². The highest BCUT2D eigenvalue weighted by molar-refractivity contribution is 6.33. The predicted molar refractivity (Wildman–Crippen MR) is 78.8 cm³/mol. The zero-order valence-electron chi connectivity index (χ0n) is 11.2. The minimum Gasteiger partial charge on any atom is -0.313 e. The van der Waals surface area contributed by atoms with Gasteiger partial charge >= 0.3 is 0 Å². The van der Waals surface area contributed by atoms with Crippen LogP contribution in [0, 0.1) is 11.6 Å². The SMILES string of the molecule is CCCNCc1ccc(-c2cccc(F)c2F)c(Cl)c1. The second kappa shape index (κ2) is 6.82. The van der Waals surface area contributed by atoms with E-state index in [1.807, 2.05) is 6.07 Å². The maximum absolute atomic E-state index is 13.8. The number of benzene rings is 2. The van der Waals surface area contributed by atoms with E-state index in [9.17, 15) is 8.78 Å². The van der Waals surface area contributed by atoms with E-state index in [0.717, 1.165) is 24.6 Å². The maximum atomic E-state index is 13.8. The first-order valence-corrected chi connectivity index (χ1v) is 6.94. The van der Waals surface area contributed by atoms with E-state index in [2.05, 4.69) is 12.2 Å². The van der Waals surface area contributed by atoms with Gasteiger partial charge < -0.3 is 5.32 Å². The summed E-state index contributed by atoms with van der Waals surface area (Å²) in [5.74, 6) is -1.74. The van der Waals surface area contributed by atoms with Gasteiger partial charge in [0.2, 0.25) is 0 Å². The van der Waals surface area contributed by atoms with Crippen molar-refractivity contribution < 1.29 is 8.78 Å². The molecular weight excluding hydrogens is 280 g/mol. The second-order valence-electron chi connectivity index (χ2n) is 4.59. The van der Waals surface area contributed by atoms with Gasteiger partial charge in [-0.3, -0.25) is 0 Å². The highest BCUT2D eigenvalue weighted by Crippen LogP contribution is 2.31. The molecule has 4 heteroatoms. The first-order valence-electron chi connectivity index (χ1n) is 6.57. The van der Waals surface area contributed by atoms with Crippen LogP contribution in [0.2, 0.25) is 5.02 Å². The van der Waals surface area contributed by atoms with Crippen molar-refractivity contribution in [1.29, 1.82) is 0 Å². The van der Waals surface area contributed by atoms with E-state index in [0.29, 0.717) is 17.1 Å². The molecule has 2 rings (SSSR count). The Balaban J connectivity index is 2.27. The smallest absolute Gasteiger partial charge is 0.166 e. The molecule has 1 N–H and O–H groups in total. The number of halogens is 3. The molecule has 106 valence electrons. The molecule has 0 radical (unpaired) electrons. The largest absolute Gasteiger partial charge is 0.313 e. The van der Waals surface area contributed by atoms with Crippen LogP contribution in [0.5, 0.6) is 0 Å². The maximum Gasteiger partial charge on any atom is 0.166 e. The van der Waals surface area contributed by atoms with Crippen LogP contribution >= 0.6 is 11.6 Å². The molecule has 20 heavy (non-hydrogen) atoms. The summed E-state index contributed by atoms with van der Waals surface area (Å²) in [4.78, 5) is 0. The van der Waals surface area contributed by atoms with E-state index < -0.39 is 11.6 Å². The average Bonchev–Trinajstić information content (AvgIpc) is 2.43. The molecule has 0 amide bonds. The minimum atomic E-state index is -0.869. The Morgan fingerprint density at radius 1 is 1.10 bits per heavy atom. The molecule has 0 spiro atoms. The Morgan fingerprint density at radius 2 is 1.90 bits per heavy atom. The van der Waals surface area contributed by atoms with Crippen LogP contribution in [0.3, 0.4) is 0 Å². The zero-order valence-corrected chi connectivity index (χ0v) is 12.0. The average molecular weight is 296 g/mol. The lowest BCUT2D eigenvalue weighted by Gasteiger charge is -2.09. The number of nitrogens with one attached hydrogen (secondary N) is 1. The van der Waals surface area contributed by atoms with Gasteiger partial charge in [-0.05, 0) is 30.7 Å². The minimum absolute atomic E-state index is 0.183.